The second kappa shape index (κ2) is 9.90. The summed E-state index contributed by atoms with van der Waals surface area (Å²) in [6, 6.07) is 18.2. The number of carbonyl (C=O) groups excluding carboxylic acids is 1. The van der Waals surface area contributed by atoms with E-state index in [9.17, 15) is 4.79 Å². The van der Waals surface area contributed by atoms with Gasteiger partial charge in [0.15, 0.2) is 0 Å². The van der Waals surface area contributed by atoms with Gasteiger partial charge in [-0.25, -0.2) is 4.79 Å². The fourth-order valence-electron chi connectivity index (χ4n) is 2.58. The lowest BCUT2D eigenvalue weighted by molar-refractivity contribution is 0.0137. The fraction of sp³-hybridized carbons (Fsp3) is 0.409. The van der Waals surface area contributed by atoms with Crippen LogP contribution in [0.5, 0.6) is 0 Å². The molecule has 0 saturated carbocycles. The second-order valence-electron chi connectivity index (χ2n) is 7.53. The van der Waals surface area contributed by atoms with Gasteiger partial charge in [-0.2, -0.15) is 0 Å². The summed E-state index contributed by atoms with van der Waals surface area (Å²) in [6.07, 6.45) is 0.268. The summed E-state index contributed by atoms with van der Waals surface area (Å²) in [5.74, 6) is 0. The van der Waals surface area contributed by atoms with Gasteiger partial charge in [-0.1, -0.05) is 58.4 Å². The molecule has 0 aliphatic carbocycles. The highest BCUT2D eigenvalue weighted by molar-refractivity contribution is 9.10. The molecule has 0 fully saturated rings. The first-order valence-corrected chi connectivity index (χ1v) is 9.89. The van der Waals surface area contributed by atoms with Crippen molar-refractivity contribution in [2.45, 2.75) is 45.5 Å². The van der Waals surface area contributed by atoms with Crippen molar-refractivity contribution < 1.29 is 14.3 Å². The Morgan fingerprint density at radius 3 is 2.44 bits per heavy atom. The van der Waals surface area contributed by atoms with Crippen LogP contribution in [-0.4, -0.2) is 30.2 Å². The van der Waals surface area contributed by atoms with E-state index in [1.165, 1.54) is 0 Å². The number of rotatable bonds is 7. The first kappa shape index (κ1) is 21.5. The third kappa shape index (κ3) is 7.73. The molecule has 0 heterocycles. The number of ether oxygens (including phenoxy) is 2. The number of hydrogen-bond acceptors (Lipinski definition) is 3. The monoisotopic (exact) mass is 433 g/mol. The molecule has 0 unspecified atom stereocenters. The smallest absolute Gasteiger partial charge is 0.410 e. The number of carbonyl (C=O) groups is 1. The molecule has 2 aromatic carbocycles. The van der Waals surface area contributed by atoms with Crippen LogP contribution in [0.1, 0.15) is 44.4 Å². The van der Waals surface area contributed by atoms with Gasteiger partial charge >= 0.3 is 6.09 Å². The summed E-state index contributed by atoms with van der Waals surface area (Å²) in [5.41, 5.74) is 1.71. The predicted octanol–water partition coefficient (Wildman–Crippen LogP) is 5.96. The van der Waals surface area contributed by atoms with E-state index in [1.807, 2.05) is 57.2 Å². The van der Waals surface area contributed by atoms with Gasteiger partial charge in [0.25, 0.3) is 0 Å². The highest BCUT2D eigenvalue weighted by atomic mass is 79.9. The molecule has 5 heteroatoms. The molecule has 0 radical (unpaired) electrons. The molecule has 146 valence electrons. The Bertz CT molecular complexity index is 728. The van der Waals surface area contributed by atoms with E-state index in [0.29, 0.717) is 19.6 Å². The molecule has 1 amide bonds. The van der Waals surface area contributed by atoms with Gasteiger partial charge in [0.2, 0.25) is 0 Å². The number of benzene rings is 2. The topological polar surface area (TPSA) is 38.8 Å². The maximum atomic E-state index is 12.2. The van der Waals surface area contributed by atoms with Crippen molar-refractivity contribution in [2.24, 2.45) is 0 Å². The van der Waals surface area contributed by atoms with Gasteiger partial charge in [-0.05, 0) is 50.5 Å². The largest absolute Gasteiger partial charge is 0.444 e. The Morgan fingerprint density at radius 2 is 1.81 bits per heavy atom. The van der Waals surface area contributed by atoms with E-state index in [0.717, 1.165) is 15.6 Å². The lowest BCUT2D eigenvalue weighted by Crippen LogP contribution is -2.35. The van der Waals surface area contributed by atoms with Crippen molar-refractivity contribution in [3.8, 4) is 0 Å². The Morgan fingerprint density at radius 1 is 1.11 bits per heavy atom. The molecule has 0 aliphatic rings. The van der Waals surface area contributed by atoms with Gasteiger partial charge in [0.1, 0.15) is 5.60 Å². The number of amides is 1. The minimum atomic E-state index is -0.499. The molecule has 4 nitrogen and oxygen atoms in total. The van der Waals surface area contributed by atoms with Crippen LogP contribution in [-0.2, 0) is 16.1 Å². The van der Waals surface area contributed by atoms with Crippen molar-refractivity contribution in [2.75, 3.05) is 13.6 Å². The van der Waals surface area contributed by atoms with Gasteiger partial charge in [0.05, 0.1) is 12.7 Å². The zero-order valence-corrected chi connectivity index (χ0v) is 18.0. The zero-order chi connectivity index (χ0) is 19.9. The minimum absolute atomic E-state index is 0.102. The third-order valence-electron chi connectivity index (χ3n) is 3.94. The summed E-state index contributed by atoms with van der Waals surface area (Å²) >= 11 is 3.49. The van der Waals surface area contributed by atoms with Crippen LogP contribution in [0.2, 0.25) is 0 Å². The van der Waals surface area contributed by atoms with Crippen LogP contribution in [0.15, 0.2) is 59.1 Å². The number of halogens is 1. The first-order chi connectivity index (χ1) is 12.7. The van der Waals surface area contributed by atoms with E-state index >= 15 is 0 Å². The van der Waals surface area contributed by atoms with E-state index in [2.05, 4.69) is 34.1 Å². The molecule has 0 N–H and O–H groups in total. The Hall–Kier alpha value is -1.85. The van der Waals surface area contributed by atoms with E-state index < -0.39 is 5.60 Å². The van der Waals surface area contributed by atoms with Gasteiger partial charge in [-0.15, -0.1) is 0 Å². The second-order valence-corrected chi connectivity index (χ2v) is 8.45. The summed E-state index contributed by atoms with van der Waals surface area (Å²) in [4.78, 5) is 13.8. The first-order valence-electron chi connectivity index (χ1n) is 9.10. The summed E-state index contributed by atoms with van der Waals surface area (Å²) < 4.78 is 12.7. The molecule has 0 aromatic heterocycles. The van der Waals surface area contributed by atoms with Crippen molar-refractivity contribution >= 4 is 22.0 Å². The third-order valence-corrected chi connectivity index (χ3v) is 4.44. The maximum absolute atomic E-state index is 12.2. The molecule has 0 spiro atoms. The van der Waals surface area contributed by atoms with Crippen molar-refractivity contribution in [3.63, 3.8) is 0 Å². The van der Waals surface area contributed by atoms with Crippen LogP contribution in [0.3, 0.4) is 0 Å². The predicted molar refractivity (Wildman–Crippen MR) is 112 cm³/mol. The number of nitrogens with zero attached hydrogens (tertiary/aromatic N) is 1. The molecule has 0 aliphatic heterocycles. The highest BCUT2D eigenvalue weighted by Crippen LogP contribution is 2.24. The lowest BCUT2D eigenvalue weighted by Gasteiger charge is -2.26. The minimum Gasteiger partial charge on any atom is -0.444 e. The fourth-order valence-corrected chi connectivity index (χ4v) is 3.03. The lowest BCUT2D eigenvalue weighted by atomic mass is 10.1. The van der Waals surface area contributed by atoms with Gasteiger partial charge in [0, 0.05) is 18.1 Å². The van der Waals surface area contributed by atoms with Crippen LogP contribution >= 0.6 is 15.9 Å². The highest BCUT2D eigenvalue weighted by Gasteiger charge is 2.21. The molecule has 1 atom stereocenters. The molecule has 0 saturated heterocycles. The molecule has 0 bridgehead atoms. The van der Waals surface area contributed by atoms with E-state index in [-0.39, 0.29) is 12.2 Å². The van der Waals surface area contributed by atoms with Crippen LogP contribution in [0.25, 0.3) is 0 Å². The summed E-state index contributed by atoms with van der Waals surface area (Å²) in [7, 11) is 1.75. The quantitative estimate of drug-likeness (QED) is 0.540. The number of hydrogen-bond donors (Lipinski definition) is 0. The standard InChI is InChI=1S/C22H28BrNO3/c1-22(2,3)27-21(25)24(4)14-13-20(18-10-6-5-7-11-18)26-16-17-9-8-12-19(23)15-17/h5-12,15,20H,13-14,16H2,1-4H3/t20-/m1/s1. The maximum Gasteiger partial charge on any atom is 0.410 e. The Balaban J connectivity index is 1.99. The van der Waals surface area contributed by atoms with Gasteiger partial charge in [-0.3, -0.25) is 0 Å². The summed E-state index contributed by atoms with van der Waals surface area (Å²) in [6.45, 7) is 6.66. The average Bonchev–Trinajstić information content (AvgIpc) is 2.61. The van der Waals surface area contributed by atoms with E-state index in [4.69, 9.17) is 9.47 Å². The average molecular weight is 434 g/mol. The Kier molecular flexibility index (Phi) is 7.87. The van der Waals surface area contributed by atoms with E-state index in [1.54, 1.807) is 11.9 Å². The molecular weight excluding hydrogens is 406 g/mol. The van der Waals surface area contributed by atoms with Gasteiger partial charge < -0.3 is 14.4 Å². The van der Waals surface area contributed by atoms with Crippen molar-refractivity contribution in [1.82, 2.24) is 4.90 Å². The molecule has 2 rings (SSSR count). The SMILES string of the molecule is CN(CC[C@@H](OCc1cccc(Br)c1)c1ccccc1)C(=O)OC(C)(C)C. The van der Waals surface area contributed by atoms with Crippen LogP contribution in [0, 0.1) is 0 Å². The molecule has 2 aromatic rings. The summed E-state index contributed by atoms with van der Waals surface area (Å²) in [5, 5.41) is 0. The van der Waals surface area contributed by atoms with Crippen molar-refractivity contribution in [3.05, 3.63) is 70.2 Å². The van der Waals surface area contributed by atoms with Crippen molar-refractivity contribution in [1.29, 1.82) is 0 Å². The van der Waals surface area contributed by atoms with Crippen LogP contribution < -0.4 is 0 Å². The molecular formula is C22H28BrNO3. The zero-order valence-electron chi connectivity index (χ0n) is 16.4. The normalized spacial score (nSPS) is 12.5. The Labute approximate surface area is 170 Å². The van der Waals surface area contributed by atoms with Crippen LogP contribution in [0.4, 0.5) is 4.79 Å². The molecule has 27 heavy (non-hydrogen) atoms.